The van der Waals surface area contributed by atoms with E-state index in [0.717, 1.165) is 18.6 Å². The summed E-state index contributed by atoms with van der Waals surface area (Å²) in [6.45, 7) is 4.30. The molecule has 0 heterocycles. The molecule has 0 spiro atoms. The molecular formula is C14H20O2. The highest BCUT2D eigenvalue weighted by atomic mass is 16.5. The molecule has 0 saturated heterocycles. The van der Waals surface area contributed by atoms with E-state index < -0.39 is 0 Å². The van der Waals surface area contributed by atoms with Crippen LogP contribution in [0.4, 0.5) is 0 Å². The highest BCUT2D eigenvalue weighted by Gasteiger charge is 2.42. The van der Waals surface area contributed by atoms with Crippen LogP contribution in [0.15, 0.2) is 24.3 Å². The summed E-state index contributed by atoms with van der Waals surface area (Å²) in [6, 6.07) is 8.22. The van der Waals surface area contributed by atoms with Crippen LogP contribution < -0.4 is 4.74 Å². The first-order chi connectivity index (χ1) is 7.55. The Morgan fingerprint density at radius 3 is 2.25 bits per heavy atom. The molecule has 0 unspecified atom stereocenters. The van der Waals surface area contributed by atoms with Crippen LogP contribution in [0, 0.1) is 5.41 Å². The fourth-order valence-electron chi connectivity index (χ4n) is 2.73. The number of hydrogen-bond donors (Lipinski definition) is 1. The SMILES string of the molecule is COc1ccc([C@@H]2CC[C@@H](O)C2(C)C)cc1. The van der Waals surface area contributed by atoms with Gasteiger partial charge in [0.2, 0.25) is 0 Å². The Balaban J connectivity index is 2.24. The van der Waals surface area contributed by atoms with Crippen LogP contribution >= 0.6 is 0 Å². The summed E-state index contributed by atoms with van der Waals surface area (Å²) in [5, 5.41) is 9.96. The van der Waals surface area contributed by atoms with Crippen LogP contribution in [0.1, 0.15) is 38.2 Å². The topological polar surface area (TPSA) is 29.5 Å². The van der Waals surface area contributed by atoms with Gasteiger partial charge < -0.3 is 9.84 Å². The van der Waals surface area contributed by atoms with Gasteiger partial charge in [-0.3, -0.25) is 0 Å². The molecule has 2 atom stereocenters. The molecule has 1 aromatic carbocycles. The van der Waals surface area contributed by atoms with Gasteiger partial charge in [0, 0.05) is 0 Å². The Hall–Kier alpha value is -1.02. The first kappa shape index (κ1) is 11.5. The van der Waals surface area contributed by atoms with Crippen molar-refractivity contribution >= 4 is 0 Å². The molecule has 2 nitrogen and oxygen atoms in total. The summed E-state index contributed by atoms with van der Waals surface area (Å²) in [6.07, 6.45) is 1.80. The van der Waals surface area contributed by atoms with E-state index in [-0.39, 0.29) is 11.5 Å². The van der Waals surface area contributed by atoms with E-state index in [1.807, 2.05) is 12.1 Å². The molecule has 1 N–H and O–H groups in total. The van der Waals surface area contributed by atoms with E-state index in [1.165, 1.54) is 5.56 Å². The zero-order chi connectivity index (χ0) is 11.8. The number of benzene rings is 1. The average molecular weight is 220 g/mol. The third-order valence-corrected chi connectivity index (χ3v) is 4.00. The van der Waals surface area contributed by atoms with Crippen molar-refractivity contribution in [1.82, 2.24) is 0 Å². The molecular weight excluding hydrogens is 200 g/mol. The van der Waals surface area contributed by atoms with Crippen LogP contribution in [0.2, 0.25) is 0 Å². The highest BCUT2D eigenvalue weighted by molar-refractivity contribution is 5.31. The Bertz CT molecular complexity index is 354. The molecule has 1 saturated carbocycles. The van der Waals surface area contributed by atoms with Crippen molar-refractivity contribution in [3.63, 3.8) is 0 Å². The fourth-order valence-corrected chi connectivity index (χ4v) is 2.73. The van der Waals surface area contributed by atoms with Gasteiger partial charge in [0.05, 0.1) is 13.2 Å². The molecule has 0 aromatic heterocycles. The van der Waals surface area contributed by atoms with Crippen LogP contribution in [0.5, 0.6) is 5.75 Å². The van der Waals surface area contributed by atoms with Gasteiger partial charge in [-0.05, 0) is 41.9 Å². The standard InChI is InChI=1S/C14H20O2/c1-14(2)12(8-9-13(14)15)10-4-6-11(16-3)7-5-10/h4-7,12-13,15H,8-9H2,1-3H3/t12-,13+/m0/s1. The second-order valence-electron chi connectivity index (χ2n) is 5.24. The molecule has 2 heteroatoms. The summed E-state index contributed by atoms with van der Waals surface area (Å²) >= 11 is 0. The van der Waals surface area contributed by atoms with Crippen molar-refractivity contribution in [3.8, 4) is 5.75 Å². The smallest absolute Gasteiger partial charge is 0.118 e. The largest absolute Gasteiger partial charge is 0.497 e. The molecule has 2 rings (SSSR count). The average Bonchev–Trinajstić information content (AvgIpc) is 2.54. The van der Waals surface area contributed by atoms with Crippen LogP contribution in [-0.2, 0) is 0 Å². The van der Waals surface area contributed by atoms with E-state index in [0.29, 0.717) is 5.92 Å². The van der Waals surface area contributed by atoms with E-state index >= 15 is 0 Å². The molecule has 1 aliphatic rings. The molecule has 0 radical (unpaired) electrons. The third-order valence-electron chi connectivity index (χ3n) is 4.00. The van der Waals surface area contributed by atoms with Crippen molar-refractivity contribution < 1.29 is 9.84 Å². The highest BCUT2D eigenvalue weighted by Crippen LogP contribution is 2.48. The van der Waals surface area contributed by atoms with E-state index in [2.05, 4.69) is 26.0 Å². The van der Waals surface area contributed by atoms with Crippen molar-refractivity contribution in [1.29, 1.82) is 0 Å². The molecule has 1 aromatic rings. The van der Waals surface area contributed by atoms with Gasteiger partial charge in [0.25, 0.3) is 0 Å². The Labute approximate surface area is 97.3 Å². The molecule has 1 fully saturated rings. The van der Waals surface area contributed by atoms with E-state index in [4.69, 9.17) is 4.74 Å². The van der Waals surface area contributed by atoms with Gasteiger partial charge in [-0.1, -0.05) is 26.0 Å². The summed E-state index contributed by atoms with van der Waals surface area (Å²) < 4.78 is 5.16. The van der Waals surface area contributed by atoms with Gasteiger partial charge in [-0.15, -0.1) is 0 Å². The summed E-state index contributed by atoms with van der Waals surface area (Å²) in [5.74, 6) is 1.34. The molecule has 0 amide bonds. The lowest BCUT2D eigenvalue weighted by molar-refractivity contribution is 0.0706. The van der Waals surface area contributed by atoms with Crippen molar-refractivity contribution in [3.05, 3.63) is 29.8 Å². The van der Waals surface area contributed by atoms with Crippen LogP contribution in [-0.4, -0.2) is 18.3 Å². The number of ether oxygens (including phenoxy) is 1. The lowest BCUT2D eigenvalue weighted by Crippen LogP contribution is -2.27. The first-order valence-corrected chi connectivity index (χ1v) is 5.87. The van der Waals surface area contributed by atoms with Gasteiger partial charge >= 0.3 is 0 Å². The van der Waals surface area contributed by atoms with E-state index in [1.54, 1.807) is 7.11 Å². The number of methoxy groups -OCH3 is 1. The number of rotatable bonds is 2. The molecule has 1 aliphatic carbocycles. The Kier molecular flexibility index (Phi) is 2.94. The minimum Gasteiger partial charge on any atom is -0.497 e. The third kappa shape index (κ3) is 1.82. The van der Waals surface area contributed by atoms with Crippen molar-refractivity contribution in [2.24, 2.45) is 5.41 Å². The molecule has 88 valence electrons. The van der Waals surface area contributed by atoms with Crippen molar-refractivity contribution in [2.45, 2.75) is 38.7 Å². The summed E-state index contributed by atoms with van der Waals surface area (Å²) in [4.78, 5) is 0. The van der Waals surface area contributed by atoms with E-state index in [9.17, 15) is 5.11 Å². The van der Waals surface area contributed by atoms with Crippen molar-refractivity contribution in [2.75, 3.05) is 7.11 Å². The maximum atomic E-state index is 9.96. The second-order valence-corrected chi connectivity index (χ2v) is 5.24. The van der Waals surface area contributed by atoms with Gasteiger partial charge in [0.1, 0.15) is 5.75 Å². The lowest BCUT2D eigenvalue weighted by atomic mass is 9.76. The van der Waals surface area contributed by atoms with Gasteiger partial charge in [0.15, 0.2) is 0 Å². The fraction of sp³-hybridized carbons (Fsp3) is 0.571. The number of hydrogen-bond acceptors (Lipinski definition) is 2. The Morgan fingerprint density at radius 2 is 1.81 bits per heavy atom. The monoisotopic (exact) mass is 220 g/mol. The normalized spacial score (nSPS) is 28.0. The molecule has 16 heavy (non-hydrogen) atoms. The number of aliphatic hydroxyl groups excluding tert-OH is 1. The first-order valence-electron chi connectivity index (χ1n) is 5.87. The molecule has 0 bridgehead atoms. The molecule has 0 aliphatic heterocycles. The summed E-state index contributed by atoms with van der Waals surface area (Å²) in [7, 11) is 1.68. The van der Waals surface area contributed by atoms with Gasteiger partial charge in [-0.2, -0.15) is 0 Å². The minimum absolute atomic E-state index is 0.0193. The van der Waals surface area contributed by atoms with Crippen LogP contribution in [0.3, 0.4) is 0 Å². The summed E-state index contributed by atoms with van der Waals surface area (Å²) in [5.41, 5.74) is 1.29. The minimum atomic E-state index is -0.181. The predicted octanol–water partition coefficient (Wildman–Crippen LogP) is 2.96. The Morgan fingerprint density at radius 1 is 1.19 bits per heavy atom. The van der Waals surface area contributed by atoms with Crippen LogP contribution in [0.25, 0.3) is 0 Å². The van der Waals surface area contributed by atoms with Gasteiger partial charge in [-0.25, -0.2) is 0 Å². The quantitative estimate of drug-likeness (QED) is 0.830. The predicted molar refractivity (Wildman–Crippen MR) is 64.8 cm³/mol. The zero-order valence-corrected chi connectivity index (χ0v) is 10.2. The lowest BCUT2D eigenvalue weighted by Gasteiger charge is -2.30. The maximum absolute atomic E-state index is 9.96. The maximum Gasteiger partial charge on any atom is 0.118 e. The number of aliphatic hydroxyl groups is 1. The zero-order valence-electron chi connectivity index (χ0n) is 10.2. The second kappa shape index (κ2) is 4.10.